The molecule has 0 radical (unpaired) electrons. The Morgan fingerprint density at radius 1 is 1.24 bits per heavy atom. The number of hydrogen-bond acceptors (Lipinski definition) is 3. The van der Waals surface area contributed by atoms with Gasteiger partial charge in [0, 0.05) is 4.88 Å². The summed E-state index contributed by atoms with van der Waals surface area (Å²) >= 11 is 13.5. The van der Waals surface area contributed by atoms with E-state index >= 15 is 0 Å². The number of benzene rings is 1. The molecule has 1 unspecified atom stereocenters. The molecule has 0 aliphatic heterocycles. The van der Waals surface area contributed by atoms with Gasteiger partial charge >= 0.3 is 0 Å². The highest BCUT2D eigenvalue weighted by Crippen LogP contribution is 2.30. The van der Waals surface area contributed by atoms with E-state index in [0.29, 0.717) is 10.0 Å². The van der Waals surface area contributed by atoms with Crippen molar-refractivity contribution in [2.24, 2.45) is 5.73 Å². The van der Waals surface area contributed by atoms with Crippen LogP contribution in [0.1, 0.15) is 27.2 Å². The summed E-state index contributed by atoms with van der Waals surface area (Å²) in [6.07, 6.45) is 0. The van der Waals surface area contributed by atoms with Crippen molar-refractivity contribution in [3.8, 4) is 0 Å². The Kier molecular flexibility index (Phi) is 3.73. The summed E-state index contributed by atoms with van der Waals surface area (Å²) in [5, 5.41) is 1.96. The normalized spacial score (nSPS) is 12.8. The maximum absolute atomic E-state index is 6.16. The van der Waals surface area contributed by atoms with Gasteiger partial charge in [-0.1, -0.05) is 29.3 Å². The molecular weight excluding hydrogens is 275 g/mol. The molecule has 0 aliphatic rings. The standard InChI is InChI=1S/C12H12Cl2N2S/c1-6-7(2)17-12(16-6)11(15)8-3-4-9(13)10(14)5-8/h3-5,11H,15H2,1-2H3. The second-order valence-electron chi connectivity index (χ2n) is 3.84. The van der Waals surface area contributed by atoms with E-state index in [9.17, 15) is 0 Å². The van der Waals surface area contributed by atoms with Gasteiger partial charge in [-0.15, -0.1) is 11.3 Å². The molecule has 2 rings (SSSR count). The maximum atomic E-state index is 6.16. The van der Waals surface area contributed by atoms with Crippen LogP contribution in [0, 0.1) is 13.8 Å². The summed E-state index contributed by atoms with van der Waals surface area (Å²) in [5.41, 5.74) is 8.12. The number of thiazole rings is 1. The van der Waals surface area contributed by atoms with Crippen molar-refractivity contribution in [3.05, 3.63) is 49.4 Å². The number of halogens is 2. The lowest BCUT2D eigenvalue weighted by molar-refractivity contribution is 0.852. The molecule has 1 aromatic heterocycles. The predicted molar refractivity (Wildman–Crippen MR) is 74.1 cm³/mol. The average Bonchev–Trinajstić information content (AvgIpc) is 2.62. The lowest BCUT2D eigenvalue weighted by Crippen LogP contribution is -2.11. The van der Waals surface area contributed by atoms with Gasteiger partial charge in [0.05, 0.1) is 21.8 Å². The van der Waals surface area contributed by atoms with Crippen LogP contribution in [-0.2, 0) is 0 Å². The summed E-state index contributed by atoms with van der Waals surface area (Å²) in [4.78, 5) is 5.65. The molecule has 1 heterocycles. The van der Waals surface area contributed by atoms with Gasteiger partial charge in [0.1, 0.15) is 5.01 Å². The molecule has 0 saturated heterocycles. The molecule has 0 spiro atoms. The fourth-order valence-electron chi connectivity index (χ4n) is 1.48. The van der Waals surface area contributed by atoms with Gasteiger partial charge in [-0.2, -0.15) is 0 Å². The van der Waals surface area contributed by atoms with Crippen molar-refractivity contribution < 1.29 is 0 Å². The Labute approximate surface area is 114 Å². The Morgan fingerprint density at radius 2 is 1.94 bits per heavy atom. The first-order valence-electron chi connectivity index (χ1n) is 5.13. The molecule has 0 amide bonds. The first-order chi connectivity index (χ1) is 7.99. The minimum atomic E-state index is -0.248. The van der Waals surface area contributed by atoms with E-state index in [0.717, 1.165) is 16.3 Å². The highest BCUT2D eigenvalue weighted by molar-refractivity contribution is 7.11. The number of hydrogen-bond donors (Lipinski definition) is 1. The minimum Gasteiger partial charge on any atom is -0.318 e. The molecule has 2 nitrogen and oxygen atoms in total. The quantitative estimate of drug-likeness (QED) is 0.902. The molecule has 0 bridgehead atoms. The van der Waals surface area contributed by atoms with Crippen LogP contribution in [0.25, 0.3) is 0 Å². The van der Waals surface area contributed by atoms with Crippen LogP contribution in [0.5, 0.6) is 0 Å². The van der Waals surface area contributed by atoms with Crippen LogP contribution in [0.2, 0.25) is 10.0 Å². The molecule has 90 valence electrons. The van der Waals surface area contributed by atoms with Crippen molar-refractivity contribution in [1.29, 1.82) is 0 Å². The van der Waals surface area contributed by atoms with Crippen LogP contribution < -0.4 is 5.73 Å². The van der Waals surface area contributed by atoms with Crippen LogP contribution in [0.3, 0.4) is 0 Å². The van der Waals surface area contributed by atoms with Gasteiger partial charge in [-0.3, -0.25) is 0 Å². The van der Waals surface area contributed by atoms with E-state index in [2.05, 4.69) is 4.98 Å². The zero-order chi connectivity index (χ0) is 12.6. The summed E-state index contributed by atoms with van der Waals surface area (Å²) in [6.45, 7) is 4.02. The first kappa shape index (κ1) is 12.8. The Balaban J connectivity index is 2.36. The third kappa shape index (κ3) is 2.63. The fraction of sp³-hybridized carbons (Fsp3) is 0.250. The van der Waals surface area contributed by atoms with Gasteiger partial charge in [-0.05, 0) is 31.5 Å². The summed E-state index contributed by atoms with van der Waals surface area (Å²) in [5.74, 6) is 0. The number of aryl methyl sites for hydroxylation is 2. The monoisotopic (exact) mass is 286 g/mol. The zero-order valence-electron chi connectivity index (χ0n) is 9.50. The van der Waals surface area contributed by atoms with Crippen molar-refractivity contribution in [1.82, 2.24) is 4.98 Å². The zero-order valence-corrected chi connectivity index (χ0v) is 11.8. The summed E-state index contributed by atoms with van der Waals surface area (Å²) < 4.78 is 0. The fourth-order valence-corrected chi connectivity index (χ4v) is 2.74. The van der Waals surface area contributed by atoms with Gasteiger partial charge in [0.25, 0.3) is 0 Å². The average molecular weight is 287 g/mol. The summed E-state index contributed by atoms with van der Waals surface area (Å²) in [6, 6.07) is 5.18. The van der Waals surface area contributed by atoms with Gasteiger partial charge in [-0.25, -0.2) is 4.98 Å². The number of nitrogens with two attached hydrogens (primary N) is 1. The van der Waals surface area contributed by atoms with E-state index in [-0.39, 0.29) is 6.04 Å². The molecule has 17 heavy (non-hydrogen) atoms. The number of rotatable bonds is 2. The van der Waals surface area contributed by atoms with E-state index in [4.69, 9.17) is 28.9 Å². The molecule has 0 fully saturated rings. The molecule has 0 aliphatic carbocycles. The molecule has 2 aromatic rings. The van der Waals surface area contributed by atoms with Gasteiger partial charge < -0.3 is 5.73 Å². The van der Waals surface area contributed by atoms with Crippen LogP contribution in [-0.4, -0.2) is 4.98 Å². The Morgan fingerprint density at radius 3 is 2.47 bits per heavy atom. The van der Waals surface area contributed by atoms with Crippen LogP contribution >= 0.6 is 34.5 Å². The van der Waals surface area contributed by atoms with E-state index < -0.39 is 0 Å². The van der Waals surface area contributed by atoms with E-state index in [1.54, 1.807) is 23.5 Å². The minimum absolute atomic E-state index is 0.248. The largest absolute Gasteiger partial charge is 0.318 e. The molecule has 1 atom stereocenters. The smallest absolute Gasteiger partial charge is 0.114 e. The van der Waals surface area contributed by atoms with Crippen molar-refractivity contribution in [2.75, 3.05) is 0 Å². The highest BCUT2D eigenvalue weighted by atomic mass is 35.5. The highest BCUT2D eigenvalue weighted by Gasteiger charge is 2.15. The first-order valence-corrected chi connectivity index (χ1v) is 6.70. The van der Waals surface area contributed by atoms with Gasteiger partial charge in [0.2, 0.25) is 0 Å². The van der Waals surface area contributed by atoms with Crippen molar-refractivity contribution in [3.63, 3.8) is 0 Å². The molecule has 5 heteroatoms. The second-order valence-corrected chi connectivity index (χ2v) is 5.89. The lowest BCUT2D eigenvalue weighted by atomic mass is 10.1. The van der Waals surface area contributed by atoms with Crippen molar-refractivity contribution in [2.45, 2.75) is 19.9 Å². The van der Waals surface area contributed by atoms with E-state index in [1.165, 1.54) is 4.88 Å². The molecule has 2 N–H and O–H groups in total. The topological polar surface area (TPSA) is 38.9 Å². The SMILES string of the molecule is Cc1nc(C(N)c2ccc(Cl)c(Cl)c2)sc1C. The summed E-state index contributed by atoms with van der Waals surface area (Å²) in [7, 11) is 0. The molecule has 0 saturated carbocycles. The number of nitrogens with zero attached hydrogens (tertiary/aromatic N) is 1. The molecule has 1 aromatic carbocycles. The third-order valence-electron chi connectivity index (χ3n) is 2.61. The van der Waals surface area contributed by atoms with E-state index in [1.807, 2.05) is 19.9 Å². The lowest BCUT2D eigenvalue weighted by Gasteiger charge is -2.09. The maximum Gasteiger partial charge on any atom is 0.114 e. The molecular formula is C12H12Cl2N2S. The van der Waals surface area contributed by atoms with Crippen molar-refractivity contribution >= 4 is 34.5 Å². The Hall–Kier alpha value is -0.610. The van der Waals surface area contributed by atoms with Gasteiger partial charge in [0.15, 0.2) is 0 Å². The Bertz CT molecular complexity index is 532. The van der Waals surface area contributed by atoms with Crippen LogP contribution in [0.4, 0.5) is 0 Å². The number of aromatic nitrogens is 1. The van der Waals surface area contributed by atoms with Crippen LogP contribution in [0.15, 0.2) is 18.2 Å². The third-order valence-corrected chi connectivity index (χ3v) is 4.51. The predicted octanol–water partition coefficient (Wildman–Crippen LogP) is 4.11. The second kappa shape index (κ2) is 4.94.